The number of aromatic nitrogens is 2. The van der Waals surface area contributed by atoms with Gasteiger partial charge in [0.05, 0.1) is 19.1 Å². The summed E-state index contributed by atoms with van der Waals surface area (Å²) in [4.78, 5) is 9.22. The minimum absolute atomic E-state index is 0.452. The Morgan fingerprint density at radius 3 is 2.39 bits per heavy atom. The number of hydrogen-bond acceptors (Lipinski definition) is 4. The van der Waals surface area contributed by atoms with E-state index in [0.717, 1.165) is 45.0 Å². The van der Waals surface area contributed by atoms with E-state index in [1.165, 1.54) is 11.3 Å². The second-order valence-electron chi connectivity index (χ2n) is 7.33. The molecular formula is C23H28N4O. The molecule has 0 saturated carbocycles. The van der Waals surface area contributed by atoms with Crippen LogP contribution in [0.5, 0.6) is 5.75 Å². The molecule has 1 aromatic heterocycles. The van der Waals surface area contributed by atoms with Gasteiger partial charge in [-0.3, -0.25) is 4.90 Å². The molecule has 0 bridgehead atoms. The number of hydrogen-bond donors (Lipinski definition) is 0. The van der Waals surface area contributed by atoms with Crippen LogP contribution < -0.4 is 9.64 Å². The predicted molar refractivity (Wildman–Crippen MR) is 113 cm³/mol. The first-order valence-electron chi connectivity index (χ1n) is 9.94. The molecule has 1 aliphatic rings. The lowest BCUT2D eigenvalue weighted by Gasteiger charge is -2.38. The Morgan fingerprint density at radius 2 is 1.68 bits per heavy atom. The Labute approximate surface area is 167 Å². The van der Waals surface area contributed by atoms with E-state index in [0.29, 0.717) is 5.92 Å². The second-order valence-corrected chi connectivity index (χ2v) is 7.33. The quantitative estimate of drug-likeness (QED) is 0.632. The Bertz CT molecular complexity index is 842. The van der Waals surface area contributed by atoms with Gasteiger partial charge in [0.2, 0.25) is 0 Å². The number of para-hydroxylation sites is 2. The second kappa shape index (κ2) is 8.93. The molecule has 1 fully saturated rings. The average molecular weight is 377 g/mol. The largest absolute Gasteiger partial charge is 0.495 e. The van der Waals surface area contributed by atoms with E-state index >= 15 is 0 Å². The third-order valence-electron chi connectivity index (χ3n) is 5.54. The van der Waals surface area contributed by atoms with Crippen LogP contribution in [-0.4, -0.2) is 54.3 Å². The van der Waals surface area contributed by atoms with E-state index in [1.807, 2.05) is 24.7 Å². The van der Waals surface area contributed by atoms with Crippen molar-refractivity contribution in [2.24, 2.45) is 0 Å². The van der Waals surface area contributed by atoms with Gasteiger partial charge in [0.15, 0.2) is 0 Å². The summed E-state index contributed by atoms with van der Waals surface area (Å²) in [5, 5.41) is 0. The van der Waals surface area contributed by atoms with Crippen LogP contribution >= 0.6 is 0 Å². The fraction of sp³-hybridized carbons (Fsp3) is 0.348. The molecular weight excluding hydrogens is 348 g/mol. The lowest BCUT2D eigenvalue weighted by atomic mass is 9.98. The molecule has 5 nitrogen and oxygen atoms in total. The van der Waals surface area contributed by atoms with E-state index < -0.39 is 0 Å². The van der Waals surface area contributed by atoms with Crippen molar-refractivity contribution >= 4 is 5.69 Å². The molecule has 1 atom stereocenters. The highest BCUT2D eigenvalue weighted by Gasteiger charge is 2.23. The van der Waals surface area contributed by atoms with Gasteiger partial charge < -0.3 is 14.2 Å². The summed E-state index contributed by atoms with van der Waals surface area (Å²) in [6, 6.07) is 19.1. The van der Waals surface area contributed by atoms with Crippen LogP contribution in [-0.2, 0) is 6.54 Å². The van der Waals surface area contributed by atoms with Gasteiger partial charge in [-0.2, -0.15) is 0 Å². The summed E-state index contributed by atoms with van der Waals surface area (Å²) in [7, 11) is 1.75. The zero-order valence-electron chi connectivity index (χ0n) is 16.4. The SMILES string of the molecule is COc1ccccc1N1CCN(CC(Cn2ccnc2)c2ccccc2)CC1. The zero-order chi connectivity index (χ0) is 19.2. The first-order chi connectivity index (χ1) is 13.8. The Balaban J connectivity index is 1.41. The maximum absolute atomic E-state index is 5.54. The molecule has 3 aromatic rings. The molecule has 1 unspecified atom stereocenters. The minimum atomic E-state index is 0.452. The van der Waals surface area contributed by atoms with Crippen LogP contribution in [0.4, 0.5) is 5.69 Å². The number of piperazine rings is 1. The summed E-state index contributed by atoms with van der Waals surface area (Å²) >= 11 is 0. The molecule has 2 heterocycles. The molecule has 0 spiro atoms. The molecule has 0 aliphatic carbocycles. The Morgan fingerprint density at radius 1 is 0.929 bits per heavy atom. The van der Waals surface area contributed by atoms with Crippen LogP contribution in [0.15, 0.2) is 73.3 Å². The standard InChI is InChI=1S/C23H28N4O/c1-28-23-10-6-5-9-22(23)27-15-13-25(14-16-27)17-21(18-26-12-11-24-19-26)20-7-3-2-4-8-20/h2-12,19,21H,13-18H2,1H3. The zero-order valence-corrected chi connectivity index (χ0v) is 16.4. The van der Waals surface area contributed by atoms with Crippen molar-refractivity contribution in [3.8, 4) is 5.75 Å². The van der Waals surface area contributed by atoms with Gasteiger partial charge in [-0.05, 0) is 17.7 Å². The third-order valence-corrected chi connectivity index (χ3v) is 5.54. The number of nitrogens with zero attached hydrogens (tertiary/aromatic N) is 4. The van der Waals surface area contributed by atoms with Crippen LogP contribution in [0.1, 0.15) is 11.5 Å². The molecule has 28 heavy (non-hydrogen) atoms. The lowest BCUT2D eigenvalue weighted by molar-refractivity contribution is 0.234. The molecule has 4 rings (SSSR count). The molecule has 1 aliphatic heterocycles. The number of benzene rings is 2. The van der Waals surface area contributed by atoms with Crippen molar-refractivity contribution in [1.29, 1.82) is 0 Å². The van der Waals surface area contributed by atoms with Crippen LogP contribution in [0.3, 0.4) is 0 Å². The number of imidazole rings is 1. The molecule has 0 radical (unpaired) electrons. The van der Waals surface area contributed by atoms with Crippen molar-refractivity contribution in [3.05, 3.63) is 78.9 Å². The van der Waals surface area contributed by atoms with Crippen molar-refractivity contribution < 1.29 is 4.74 Å². The summed E-state index contributed by atoms with van der Waals surface area (Å²) in [6.45, 7) is 6.18. The van der Waals surface area contributed by atoms with Gasteiger partial charge in [-0.25, -0.2) is 4.98 Å². The van der Waals surface area contributed by atoms with E-state index in [-0.39, 0.29) is 0 Å². The maximum atomic E-state index is 5.54. The van der Waals surface area contributed by atoms with Crippen LogP contribution in [0, 0.1) is 0 Å². The van der Waals surface area contributed by atoms with Gasteiger partial charge in [0.25, 0.3) is 0 Å². The monoisotopic (exact) mass is 376 g/mol. The summed E-state index contributed by atoms with van der Waals surface area (Å²) < 4.78 is 7.73. The Hall–Kier alpha value is -2.79. The minimum Gasteiger partial charge on any atom is -0.495 e. The highest BCUT2D eigenvalue weighted by molar-refractivity contribution is 5.58. The van der Waals surface area contributed by atoms with E-state index in [1.54, 1.807) is 7.11 Å². The summed E-state index contributed by atoms with van der Waals surface area (Å²) in [6.07, 6.45) is 5.82. The van der Waals surface area contributed by atoms with Crippen molar-refractivity contribution in [3.63, 3.8) is 0 Å². The number of methoxy groups -OCH3 is 1. The first-order valence-corrected chi connectivity index (χ1v) is 9.94. The van der Waals surface area contributed by atoms with Crippen LogP contribution in [0.2, 0.25) is 0 Å². The summed E-state index contributed by atoms with van der Waals surface area (Å²) in [5.74, 6) is 1.41. The average Bonchev–Trinajstić information content (AvgIpc) is 3.28. The molecule has 2 aromatic carbocycles. The molecule has 0 amide bonds. The number of anilines is 1. The van der Waals surface area contributed by atoms with Crippen molar-refractivity contribution in [2.45, 2.75) is 12.5 Å². The number of ether oxygens (including phenoxy) is 1. The van der Waals surface area contributed by atoms with Gasteiger partial charge in [0, 0.05) is 57.6 Å². The first kappa shape index (κ1) is 18.6. The fourth-order valence-electron chi connectivity index (χ4n) is 4.02. The normalized spacial score (nSPS) is 16.1. The highest BCUT2D eigenvalue weighted by Crippen LogP contribution is 2.29. The van der Waals surface area contributed by atoms with Gasteiger partial charge in [-0.1, -0.05) is 42.5 Å². The van der Waals surface area contributed by atoms with Gasteiger partial charge in [0.1, 0.15) is 5.75 Å². The fourth-order valence-corrected chi connectivity index (χ4v) is 4.02. The van der Waals surface area contributed by atoms with E-state index in [4.69, 9.17) is 4.74 Å². The molecule has 146 valence electrons. The number of rotatable bonds is 7. The highest BCUT2D eigenvalue weighted by atomic mass is 16.5. The lowest BCUT2D eigenvalue weighted by Crippen LogP contribution is -2.47. The van der Waals surface area contributed by atoms with Crippen LogP contribution in [0.25, 0.3) is 0 Å². The van der Waals surface area contributed by atoms with E-state index in [2.05, 4.69) is 68.0 Å². The Kier molecular flexibility index (Phi) is 5.92. The van der Waals surface area contributed by atoms with Gasteiger partial charge in [-0.15, -0.1) is 0 Å². The maximum Gasteiger partial charge on any atom is 0.142 e. The summed E-state index contributed by atoms with van der Waals surface area (Å²) in [5.41, 5.74) is 2.59. The molecule has 5 heteroatoms. The third kappa shape index (κ3) is 4.37. The predicted octanol–water partition coefficient (Wildman–Crippen LogP) is 3.50. The van der Waals surface area contributed by atoms with Crippen molar-refractivity contribution in [2.75, 3.05) is 44.7 Å². The molecule has 1 saturated heterocycles. The van der Waals surface area contributed by atoms with Crippen molar-refractivity contribution in [1.82, 2.24) is 14.5 Å². The topological polar surface area (TPSA) is 33.5 Å². The smallest absolute Gasteiger partial charge is 0.142 e. The van der Waals surface area contributed by atoms with Gasteiger partial charge >= 0.3 is 0 Å². The molecule has 0 N–H and O–H groups in total. The van der Waals surface area contributed by atoms with E-state index in [9.17, 15) is 0 Å².